The van der Waals surface area contributed by atoms with Gasteiger partial charge in [-0.15, -0.1) is 0 Å². The lowest BCUT2D eigenvalue weighted by molar-refractivity contribution is -0.135. The van der Waals surface area contributed by atoms with Crippen LogP contribution >= 0.6 is 0 Å². The molecule has 0 bridgehead atoms. The van der Waals surface area contributed by atoms with Crippen LogP contribution in [0, 0.1) is 5.41 Å². The van der Waals surface area contributed by atoms with Crippen molar-refractivity contribution in [1.29, 1.82) is 0 Å². The van der Waals surface area contributed by atoms with E-state index >= 15 is 0 Å². The van der Waals surface area contributed by atoms with Gasteiger partial charge in [0.2, 0.25) is 5.91 Å². The monoisotopic (exact) mass is 290 g/mol. The summed E-state index contributed by atoms with van der Waals surface area (Å²) in [6.07, 6.45) is 3.98. The summed E-state index contributed by atoms with van der Waals surface area (Å²) in [5.41, 5.74) is 7.06. The van der Waals surface area contributed by atoms with Gasteiger partial charge in [0.05, 0.1) is 7.11 Å². The highest BCUT2D eigenvalue weighted by Gasteiger charge is 2.38. The molecular formula is C17H26N2O2. The lowest BCUT2D eigenvalue weighted by atomic mass is 9.66. The summed E-state index contributed by atoms with van der Waals surface area (Å²) < 4.78 is 5.16. The molecule has 0 spiro atoms. The molecule has 1 aliphatic rings. The molecule has 1 saturated carbocycles. The van der Waals surface area contributed by atoms with Crippen LogP contribution in [-0.2, 0) is 11.3 Å². The van der Waals surface area contributed by atoms with Crippen LogP contribution in [0.3, 0.4) is 0 Å². The fourth-order valence-electron chi connectivity index (χ4n) is 2.89. The van der Waals surface area contributed by atoms with Gasteiger partial charge in [0.15, 0.2) is 0 Å². The van der Waals surface area contributed by atoms with Crippen LogP contribution in [0.25, 0.3) is 0 Å². The van der Waals surface area contributed by atoms with Crippen LogP contribution in [0.4, 0.5) is 0 Å². The van der Waals surface area contributed by atoms with E-state index in [1.54, 1.807) is 7.11 Å². The first-order valence-corrected chi connectivity index (χ1v) is 7.73. The average molecular weight is 290 g/mol. The predicted molar refractivity (Wildman–Crippen MR) is 84.0 cm³/mol. The summed E-state index contributed by atoms with van der Waals surface area (Å²) >= 11 is 0. The first kappa shape index (κ1) is 15.8. The Morgan fingerprint density at radius 2 is 2.00 bits per heavy atom. The van der Waals surface area contributed by atoms with Crippen molar-refractivity contribution in [3.05, 3.63) is 29.8 Å². The Balaban J connectivity index is 1.96. The predicted octanol–water partition coefficient (Wildman–Crippen LogP) is 2.56. The Labute approximate surface area is 127 Å². The number of carbonyl (C=O) groups excluding carboxylic acids is 1. The molecule has 4 heteroatoms. The molecule has 1 aromatic rings. The van der Waals surface area contributed by atoms with E-state index in [4.69, 9.17) is 10.5 Å². The molecule has 0 unspecified atom stereocenters. The molecule has 116 valence electrons. The highest BCUT2D eigenvalue weighted by atomic mass is 16.5. The zero-order chi connectivity index (χ0) is 15.3. The van der Waals surface area contributed by atoms with E-state index < -0.39 is 0 Å². The van der Waals surface area contributed by atoms with Crippen molar-refractivity contribution in [2.75, 3.05) is 20.2 Å². The van der Waals surface area contributed by atoms with Crippen molar-refractivity contribution in [2.24, 2.45) is 11.1 Å². The van der Waals surface area contributed by atoms with Crippen LogP contribution in [-0.4, -0.2) is 31.0 Å². The number of hydrogen-bond acceptors (Lipinski definition) is 3. The molecular weight excluding hydrogens is 264 g/mol. The second-order valence-electron chi connectivity index (χ2n) is 5.99. The summed E-state index contributed by atoms with van der Waals surface area (Å²) in [7, 11) is 1.65. The summed E-state index contributed by atoms with van der Waals surface area (Å²) in [6.45, 7) is 4.03. The molecule has 4 nitrogen and oxygen atoms in total. The van der Waals surface area contributed by atoms with E-state index in [9.17, 15) is 4.79 Å². The fraction of sp³-hybridized carbons (Fsp3) is 0.588. The molecule has 0 radical (unpaired) electrons. The Morgan fingerprint density at radius 1 is 1.33 bits per heavy atom. The average Bonchev–Trinajstić information content (AvgIpc) is 2.48. The number of nitrogens with zero attached hydrogens (tertiary/aromatic N) is 1. The van der Waals surface area contributed by atoms with Crippen molar-refractivity contribution in [1.82, 2.24) is 4.90 Å². The number of nitrogens with two attached hydrogens (primary N) is 1. The zero-order valence-electron chi connectivity index (χ0n) is 13.1. The third-order valence-corrected chi connectivity index (χ3v) is 4.64. The van der Waals surface area contributed by atoms with Gasteiger partial charge >= 0.3 is 0 Å². The number of ether oxygens (including phenoxy) is 1. The van der Waals surface area contributed by atoms with Gasteiger partial charge in [-0.25, -0.2) is 0 Å². The van der Waals surface area contributed by atoms with Crippen molar-refractivity contribution < 1.29 is 9.53 Å². The van der Waals surface area contributed by atoms with Crippen LogP contribution in [0.5, 0.6) is 5.75 Å². The summed E-state index contributed by atoms with van der Waals surface area (Å²) in [6, 6.07) is 7.88. The molecule has 0 saturated heterocycles. The Morgan fingerprint density at radius 3 is 2.43 bits per heavy atom. The standard InChI is InChI=1S/C17H26N2O2/c1-3-19(12-14-5-7-15(21-2)8-6-14)16(20)11-17(13-18)9-4-10-17/h5-8H,3-4,9-13,18H2,1-2H3. The minimum atomic E-state index is 0.0738. The fourth-order valence-corrected chi connectivity index (χ4v) is 2.89. The van der Waals surface area contributed by atoms with Crippen LogP contribution in [0.15, 0.2) is 24.3 Å². The normalized spacial score (nSPS) is 16.1. The topological polar surface area (TPSA) is 55.6 Å². The number of amides is 1. The van der Waals surface area contributed by atoms with E-state index in [0.29, 0.717) is 19.5 Å². The van der Waals surface area contributed by atoms with Crippen molar-refractivity contribution in [2.45, 2.75) is 39.2 Å². The van der Waals surface area contributed by atoms with Crippen molar-refractivity contribution >= 4 is 5.91 Å². The number of benzene rings is 1. The van der Waals surface area contributed by atoms with Crippen LogP contribution in [0.2, 0.25) is 0 Å². The molecule has 21 heavy (non-hydrogen) atoms. The van der Waals surface area contributed by atoms with E-state index in [-0.39, 0.29) is 11.3 Å². The zero-order valence-corrected chi connectivity index (χ0v) is 13.1. The maximum absolute atomic E-state index is 12.5. The molecule has 2 rings (SSSR count). The van der Waals surface area contributed by atoms with Gasteiger partial charge in [0.1, 0.15) is 5.75 Å². The second-order valence-corrected chi connectivity index (χ2v) is 5.99. The summed E-state index contributed by atoms with van der Waals surface area (Å²) in [5, 5.41) is 0. The lowest BCUT2D eigenvalue weighted by Crippen LogP contribution is -2.43. The molecule has 2 N–H and O–H groups in total. The van der Waals surface area contributed by atoms with Gasteiger partial charge in [-0.05, 0) is 49.4 Å². The van der Waals surface area contributed by atoms with Gasteiger partial charge in [0, 0.05) is 19.5 Å². The smallest absolute Gasteiger partial charge is 0.223 e. The quantitative estimate of drug-likeness (QED) is 0.839. The van der Waals surface area contributed by atoms with Crippen molar-refractivity contribution in [3.63, 3.8) is 0 Å². The molecule has 0 atom stereocenters. The molecule has 1 aliphatic carbocycles. The van der Waals surface area contributed by atoms with Crippen LogP contribution in [0.1, 0.15) is 38.2 Å². The number of methoxy groups -OCH3 is 1. The Kier molecular flexibility index (Phi) is 5.23. The van der Waals surface area contributed by atoms with Gasteiger partial charge in [0.25, 0.3) is 0 Å². The molecule has 0 heterocycles. The molecule has 1 fully saturated rings. The third kappa shape index (κ3) is 3.76. The highest BCUT2D eigenvalue weighted by molar-refractivity contribution is 5.77. The minimum Gasteiger partial charge on any atom is -0.497 e. The first-order valence-electron chi connectivity index (χ1n) is 7.73. The van der Waals surface area contributed by atoms with Gasteiger partial charge in [-0.3, -0.25) is 4.79 Å². The third-order valence-electron chi connectivity index (χ3n) is 4.64. The maximum atomic E-state index is 12.5. The van der Waals surface area contributed by atoms with E-state index in [0.717, 1.165) is 30.7 Å². The summed E-state index contributed by atoms with van der Waals surface area (Å²) in [4.78, 5) is 14.4. The number of hydrogen-bond donors (Lipinski definition) is 1. The minimum absolute atomic E-state index is 0.0738. The van der Waals surface area contributed by atoms with E-state index in [2.05, 4.69) is 0 Å². The van der Waals surface area contributed by atoms with E-state index in [1.165, 1.54) is 6.42 Å². The second kappa shape index (κ2) is 6.94. The molecule has 1 aromatic carbocycles. The van der Waals surface area contributed by atoms with Crippen molar-refractivity contribution in [3.8, 4) is 5.75 Å². The largest absolute Gasteiger partial charge is 0.497 e. The molecule has 0 aromatic heterocycles. The number of rotatable bonds is 7. The van der Waals surface area contributed by atoms with Gasteiger partial charge in [-0.1, -0.05) is 18.6 Å². The van der Waals surface area contributed by atoms with Gasteiger partial charge < -0.3 is 15.4 Å². The SMILES string of the molecule is CCN(Cc1ccc(OC)cc1)C(=O)CC1(CN)CCC1. The van der Waals surface area contributed by atoms with Crippen LogP contribution < -0.4 is 10.5 Å². The maximum Gasteiger partial charge on any atom is 0.223 e. The van der Waals surface area contributed by atoms with Gasteiger partial charge in [-0.2, -0.15) is 0 Å². The van der Waals surface area contributed by atoms with E-state index in [1.807, 2.05) is 36.1 Å². The summed E-state index contributed by atoms with van der Waals surface area (Å²) in [5.74, 6) is 1.06. The number of carbonyl (C=O) groups is 1. The molecule has 1 amide bonds. The lowest BCUT2D eigenvalue weighted by Gasteiger charge is -2.41. The first-order chi connectivity index (χ1) is 10.1. The highest BCUT2D eigenvalue weighted by Crippen LogP contribution is 2.43. The Hall–Kier alpha value is -1.55. The molecule has 0 aliphatic heterocycles. The Bertz CT molecular complexity index is 461.